The van der Waals surface area contributed by atoms with Crippen molar-refractivity contribution in [3.05, 3.63) is 46.6 Å². The number of nitrogens with zero attached hydrogens (tertiary/aromatic N) is 3. The SMILES string of the molecule is CCNC(=NCc1ccc(Cl)cc1)NCCc1nc(C)no1. The summed E-state index contributed by atoms with van der Waals surface area (Å²) in [6.45, 7) is 5.89. The van der Waals surface area contributed by atoms with Crippen molar-refractivity contribution < 1.29 is 4.52 Å². The molecule has 0 fully saturated rings. The zero-order valence-electron chi connectivity index (χ0n) is 12.8. The van der Waals surface area contributed by atoms with E-state index in [1.54, 1.807) is 6.92 Å². The zero-order valence-corrected chi connectivity index (χ0v) is 13.5. The van der Waals surface area contributed by atoms with E-state index in [2.05, 4.69) is 25.8 Å². The maximum atomic E-state index is 5.87. The van der Waals surface area contributed by atoms with Gasteiger partial charge in [-0.2, -0.15) is 4.98 Å². The lowest BCUT2D eigenvalue weighted by molar-refractivity contribution is 0.374. The van der Waals surface area contributed by atoms with Crippen LogP contribution in [0.3, 0.4) is 0 Å². The summed E-state index contributed by atoms with van der Waals surface area (Å²) in [4.78, 5) is 8.70. The van der Waals surface area contributed by atoms with Gasteiger partial charge in [-0.25, -0.2) is 4.99 Å². The second-order valence-corrected chi connectivity index (χ2v) is 5.17. The molecule has 6 nitrogen and oxygen atoms in total. The Morgan fingerprint density at radius 2 is 2.05 bits per heavy atom. The van der Waals surface area contributed by atoms with E-state index >= 15 is 0 Å². The lowest BCUT2D eigenvalue weighted by Gasteiger charge is -2.10. The molecule has 0 radical (unpaired) electrons. The van der Waals surface area contributed by atoms with Crippen molar-refractivity contribution in [1.82, 2.24) is 20.8 Å². The highest BCUT2D eigenvalue weighted by Gasteiger charge is 2.03. The molecule has 7 heteroatoms. The summed E-state index contributed by atoms with van der Waals surface area (Å²) in [5.74, 6) is 2.03. The van der Waals surface area contributed by atoms with Gasteiger partial charge in [0.25, 0.3) is 0 Å². The first-order valence-electron chi connectivity index (χ1n) is 7.23. The van der Waals surface area contributed by atoms with Crippen LogP contribution >= 0.6 is 11.6 Å². The predicted octanol–water partition coefficient (Wildman–Crippen LogP) is 2.33. The van der Waals surface area contributed by atoms with Crippen LogP contribution in [0.15, 0.2) is 33.8 Å². The first kappa shape index (κ1) is 16.3. The topological polar surface area (TPSA) is 75.3 Å². The number of benzene rings is 1. The molecule has 0 bridgehead atoms. The summed E-state index contributed by atoms with van der Waals surface area (Å²) < 4.78 is 5.07. The van der Waals surface area contributed by atoms with Crippen LogP contribution in [-0.2, 0) is 13.0 Å². The van der Waals surface area contributed by atoms with Gasteiger partial charge in [-0.1, -0.05) is 28.9 Å². The summed E-state index contributed by atoms with van der Waals surface area (Å²) in [6.07, 6.45) is 0.659. The first-order chi connectivity index (χ1) is 10.7. The Hall–Kier alpha value is -2.08. The maximum Gasteiger partial charge on any atom is 0.228 e. The number of aromatic nitrogens is 2. The van der Waals surface area contributed by atoms with E-state index in [1.807, 2.05) is 31.2 Å². The van der Waals surface area contributed by atoms with Gasteiger partial charge in [-0.3, -0.25) is 0 Å². The Morgan fingerprint density at radius 3 is 2.68 bits per heavy atom. The molecule has 1 aromatic carbocycles. The number of aliphatic imine (C=N–C) groups is 1. The van der Waals surface area contributed by atoms with Crippen molar-refractivity contribution in [2.75, 3.05) is 13.1 Å². The molecule has 1 heterocycles. The summed E-state index contributed by atoms with van der Waals surface area (Å²) in [6, 6.07) is 7.67. The van der Waals surface area contributed by atoms with Crippen molar-refractivity contribution in [1.29, 1.82) is 0 Å². The molecular weight excluding hydrogens is 302 g/mol. The van der Waals surface area contributed by atoms with Crippen LogP contribution < -0.4 is 10.6 Å². The van der Waals surface area contributed by atoms with Gasteiger partial charge in [0.1, 0.15) is 0 Å². The molecule has 0 aliphatic carbocycles. The highest BCUT2D eigenvalue weighted by atomic mass is 35.5. The molecule has 0 amide bonds. The van der Waals surface area contributed by atoms with Crippen LogP contribution in [0.4, 0.5) is 0 Å². The summed E-state index contributed by atoms with van der Waals surface area (Å²) in [7, 11) is 0. The van der Waals surface area contributed by atoms with Gasteiger partial charge in [-0.15, -0.1) is 0 Å². The zero-order chi connectivity index (χ0) is 15.8. The fraction of sp³-hybridized carbons (Fsp3) is 0.400. The minimum atomic E-state index is 0.589. The standard InChI is InChI=1S/C15H20ClN5O/c1-3-17-15(18-9-8-14-20-11(2)21-22-14)19-10-12-4-6-13(16)7-5-12/h4-7H,3,8-10H2,1-2H3,(H2,17,18,19). The molecule has 2 aromatic rings. The largest absolute Gasteiger partial charge is 0.357 e. The third kappa shape index (κ3) is 5.37. The number of guanidine groups is 1. The van der Waals surface area contributed by atoms with E-state index in [0.29, 0.717) is 31.2 Å². The highest BCUT2D eigenvalue weighted by molar-refractivity contribution is 6.30. The van der Waals surface area contributed by atoms with E-state index < -0.39 is 0 Å². The van der Waals surface area contributed by atoms with E-state index in [-0.39, 0.29) is 0 Å². The molecule has 2 N–H and O–H groups in total. The van der Waals surface area contributed by atoms with Crippen LogP contribution in [0.5, 0.6) is 0 Å². The van der Waals surface area contributed by atoms with Crippen molar-refractivity contribution in [3.63, 3.8) is 0 Å². The second kappa shape index (κ2) is 8.38. The average molecular weight is 322 g/mol. The van der Waals surface area contributed by atoms with Gasteiger partial charge in [-0.05, 0) is 31.5 Å². The number of nitrogens with one attached hydrogen (secondary N) is 2. The molecule has 118 valence electrons. The monoisotopic (exact) mass is 321 g/mol. The molecule has 2 rings (SSSR count). The van der Waals surface area contributed by atoms with Gasteiger partial charge in [0, 0.05) is 24.5 Å². The molecular formula is C15H20ClN5O. The number of rotatable bonds is 6. The Labute approximate surface area is 135 Å². The van der Waals surface area contributed by atoms with E-state index in [4.69, 9.17) is 16.1 Å². The average Bonchev–Trinajstić information content (AvgIpc) is 2.92. The second-order valence-electron chi connectivity index (χ2n) is 4.73. The quantitative estimate of drug-likeness (QED) is 0.631. The minimum Gasteiger partial charge on any atom is -0.357 e. The molecule has 0 aliphatic heterocycles. The third-order valence-electron chi connectivity index (χ3n) is 2.88. The van der Waals surface area contributed by atoms with Gasteiger partial charge in [0.15, 0.2) is 11.8 Å². The summed E-state index contributed by atoms with van der Waals surface area (Å²) in [5, 5.41) is 10.9. The number of aryl methyl sites for hydroxylation is 1. The van der Waals surface area contributed by atoms with Crippen molar-refractivity contribution in [2.24, 2.45) is 4.99 Å². The lowest BCUT2D eigenvalue weighted by Crippen LogP contribution is -2.38. The number of halogens is 1. The Kier molecular flexibility index (Phi) is 6.21. The molecule has 22 heavy (non-hydrogen) atoms. The van der Waals surface area contributed by atoms with Crippen molar-refractivity contribution in [2.45, 2.75) is 26.8 Å². The highest BCUT2D eigenvalue weighted by Crippen LogP contribution is 2.10. The number of hydrogen-bond donors (Lipinski definition) is 2. The summed E-state index contributed by atoms with van der Waals surface area (Å²) >= 11 is 5.87. The molecule has 0 aliphatic rings. The van der Waals surface area contributed by atoms with Gasteiger partial charge < -0.3 is 15.2 Å². The van der Waals surface area contributed by atoms with Gasteiger partial charge in [0.2, 0.25) is 5.89 Å². The van der Waals surface area contributed by atoms with Crippen LogP contribution in [0, 0.1) is 6.92 Å². The van der Waals surface area contributed by atoms with Crippen LogP contribution in [0.1, 0.15) is 24.2 Å². The van der Waals surface area contributed by atoms with E-state index in [1.165, 1.54) is 0 Å². The molecule has 0 saturated carbocycles. The summed E-state index contributed by atoms with van der Waals surface area (Å²) in [5.41, 5.74) is 1.11. The molecule has 1 aromatic heterocycles. The normalized spacial score (nSPS) is 11.5. The fourth-order valence-corrected chi connectivity index (χ4v) is 1.96. The Bertz CT molecular complexity index is 609. The molecule has 0 unspecified atom stereocenters. The predicted molar refractivity (Wildman–Crippen MR) is 87.0 cm³/mol. The molecule has 0 spiro atoms. The van der Waals surface area contributed by atoms with Gasteiger partial charge in [0.05, 0.1) is 6.54 Å². The fourth-order valence-electron chi connectivity index (χ4n) is 1.83. The Morgan fingerprint density at radius 1 is 1.27 bits per heavy atom. The first-order valence-corrected chi connectivity index (χ1v) is 7.61. The van der Waals surface area contributed by atoms with Crippen molar-refractivity contribution >= 4 is 17.6 Å². The van der Waals surface area contributed by atoms with E-state index in [9.17, 15) is 0 Å². The Balaban J connectivity index is 1.85. The van der Waals surface area contributed by atoms with Crippen LogP contribution in [-0.4, -0.2) is 29.2 Å². The third-order valence-corrected chi connectivity index (χ3v) is 3.13. The molecule has 0 atom stereocenters. The number of hydrogen-bond acceptors (Lipinski definition) is 4. The van der Waals surface area contributed by atoms with E-state index in [0.717, 1.165) is 23.1 Å². The van der Waals surface area contributed by atoms with Crippen LogP contribution in [0.25, 0.3) is 0 Å². The smallest absolute Gasteiger partial charge is 0.228 e. The minimum absolute atomic E-state index is 0.589. The maximum absolute atomic E-state index is 5.87. The van der Waals surface area contributed by atoms with Crippen LogP contribution in [0.2, 0.25) is 5.02 Å². The lowest BCUT2D eigenvalue weighted by atomic mass is 10.2. The van der Waals surface area contributed by atoms with Crippen molar-refractivity contribution in [3.8, 4) is 0 Å². The van der Waals surface area contributed by atoms with Gasteiger partial charge >= 0.3 is 0 Å². The molecule has 0 saturated heterocycles.